The van der Waals surface area contributed by atoms with Crippen molar-refractivity contribution in [2.45, 2.75) is 26.4 Å². The van der Waals surface area contributed by atoms with Gasteiger partial charge in [-0.3, -0.25) is 4.98 Å². The quantitative estimate of drug-likeness (QED) is 0.854. The molecule has 0 aliphatic heterocycles. The lowest BCUT2D eigenvalue weighted by Gasteiger charge is -2.18. The summed E-state index contributed by atoms with van der Waals surface area (Å²) in [6.45, 7) is 5.42. The van der Waals surface area contributed by atoms with Gasteiger partial charge >= 0.3 is 5.97 Å². The first kappa shape index (κ1) is 13.5. The van der Waals surface area contributed by atoms with E-state index in [4.69, 9.17) is 10.5 Å². The Labute approximate surface area is 115 Å². The molecule has 0 unspecified atom stereocenters. The number of ether oxygens (including phenoxy) is 1. The van der Waals surface area contributed by atoms with Crippen LogP contribution >= 0.6 is 11.3 Å². The molecule has 2 aromatic rings. The zero-order chi connectivity index (χ0) is 14.0. The van der Waals surface area contributed by atoms with Crippen LogP contribution in [0.5, 0.6) is 0 Å². The molecule has 2 rings (SSSR count). The number of nitrogen functional groups attached to an aromatic ring is 1. The molecule has 19 heavy (non-hydrogen) atoms. The van der Waals surface area contributed by atoms with Gasteiger partial charge in [0, 0.05) is 11.1 Å². The Hall–Kier alpha value is -1.95. The minimum Gasteiger partial charge on any atom is -0.455 e. The van der Waals surface area contributed by atoms with E-state index in [1.807, 2.05) is 26.2 Å². The highest BCUT2D eigenvalue weighted by atomic mass is 32.1. The molecule has 0 aliphatic carbocycles. The zero-order valence-corrected chi connectivity index (χ0v) is 11.8. The highest BCUT2D eigenvalue weighted by Gasteiger charge is 2.19. The molecular formula is C13H15N3O2S. The van der Waals surface area contributed by atoms with Crippen LogP contribution in [0.25, 0.3) is 10.6 Å². The van der Waals surface area contributed by atoms with Crippen molar-refractivity contribution in [3.8, 4) is 10.6 Å². The second-order valence-electron chi connectivity index (χ2n) is 5.04. The van der Waals surface area contributed by atoms with Gasteiger partial charge in [0.15, 0.2) is 5.69 Å². The average molecular weight is 277 g/mol. The monoisotopic (exact) mass is 277 g/mol. The van der Waals surface area contributed by atoms with Crippen molar-refractivity contribution in [1.82, 2.24) is 9.97 Å². The number of aromatic nitrogens is 2. The van der Waals surface area contributed by atoms with Crippen LogP contribution in [-0.2, 0) is 4.74 Å². The molecule has 0 aromatic carbocycles. The maximum absolute atomic E-state index is 11.9. The normalized spacial score (nSPS) is 11.3. The minimum atomic E-state index is -0.553. The van der Waals surface area contributed by atoms with Gasteiger partial charge in [0.25, 0.3) is 0 Å². The lowest BCUT2D eigenvalue weighted by Crippen LogP contribution is -2.24. The standard InChI is InChI=1S/C13H15N3O2S/c1-13(2,3)18-12(17)10-6-15-5-9(16-10)11-4-8(14)7-19-11/h4-7H,14H2,1-3H3. The van der Waals surface area contributed by atoms with Crippen molar-refractivity contribution in [2.75, 3.05) is 5.73 Å². The Morgan fingerprint density at radius 3 is 2.68 bits per heavy atom. The van der Waals surface area contributed by atoms with Gasteiger partial charge in [-0.25, -0.2) is 9.78 Å². The second kappa shape index (κ2) is 4.97. The van der Waals surface area contributed by atoms with Gasteiger partial charge in [-0.2, -0.15) is 0 Å². The van der Waals surface area contributed by atoms with E-state index < -0.39 is 11.6 Å². The molecule has 2 N–H and O–H groups in total. The van der Waals surface area contributed by atoms with Crippen LogP contribution in [0.2, 0.25) is 0 Å². The molecule has 5 nitrogen and oxygen atoms in total. The first-order valence-corrected chi connectivity index (χ1v) is 6.63. The van der Waals surface area contributed by atoms with Crippen molar-refractivity contribution in [1.29, 1.82) is 0 Å². The van der Waals surface area contributed by atoms with E-state index >= 15 is 0 Å². The summed E-state index contributed by atoms with van der Waals surface area (Å²) in [5.74, 6) is -0.480. The summed E-state index contributed by atoms with van der Waals surface area (Å²) >= 11 is 1.46. The molecule has 0 saturated heterocycles. The molecule has 6 heteroatoms. The predicted octanol–water partition coefficient (Wildman–Crippen LogP) is 2.74. The van der Waals surface area contributed by atoms with Crippen LogP contribution in [0.1, 0.15) is 31.3 Å². The van der Waals surface area contributed by atoms with E-state index in [2.05, 4.69) is 9.97 Å². The van der Waals surface area contributed by atoms with E-state index in [0.717, 1.165) is 4.88 Å². The number of nitrogens with zero attached hydrogens (tertiary/aromatic N) is 2. The second-order valence-corrected chi connectivity index (χ2v) is 5.95. The lowest BCUT2D eigenvalue weighted by atomic mass is 10.2. The van der Waals surface area contributed by atoms with Gasteiger partial charge in [-0.05, 0) is 26.8 Å². The number of nitrogens with two attached hydrogens (primary N) is 1. The van der Waals surface area contributed by atoms with E-state index in [9.17, 15) is 4.79 Å². The number of esters is 1. The number of carbonyl (C=O) groups is 1. The molecule has 100 valence electrons. The third-order valence-corrected chi connectivity index (χ3v) is 3.09. The molecule has 0 radical (unpaired) electrons. The van der Waals surface area contributed by atoms with Crippen molar-refractivity contribution in [2.24, 2.45) is 0 Å². The third kappa shape index (κ3) is 3.51. The van der Waals surface area contributed by atoms with Crippen LogP contribution in [0.3, 0.4) is 0 Å². The van der Waals surface area contributed by atoms with E-state index in [1.54, 1.807) is 12.3 Å². The van der Waals surface area contributed by atoms with Crippen LogP contribution in [0.15, 0.2) is 23.8 Å². The average Bonchev–Trinajstić information content (AvgIpc) is 2.74. The van der Waals surface area contributed by atoms with Gasteiger partial charge in [0.2, 0.25) is 0 Å². The summed E-state index contributed by atoms with van der Waals surface area (Å²) in [5, 5.41) is 1.82. The Morgan fingerprint density at radius 2 is 2.11 bits per heavy atom. The molecule has 0 spiro atoms. The largest absolute Gasteiger partial charge is 0.455 e. The first-order chi connectivity index (χ1) is 8.85. The SMILES string of the molecule is CC(C)(C)OC(=O)c1cncc(-c2cc(N)cs2)n1. The fraction of sp³-hybridized carbons (Fsp3) is 0.308. The van der Waals surface area contributed by atoms with Crippen molar-refractivity contribution in [3.05, 3.63) is 29.5 Å². The number of anilines is 1. The molecular weight excluding hydrogens is 262 g/mol. The molecule has 2 heterocycles. The predicted molar refractivity (Wildman–Crippen MR) is 74.9 cm³/mol. The van der Waals surface area contributed by atoms with E-state index in [1.165, 1.54) is 17.5 Å². The van der Waals surface area contributed by atoms with E-state index in [-0.39, 0.29) is 5.69 Å². The Balaban J connectivity index is 2.27. The van der Waals surface area contributed by atoms with Crippen LogP contribution < -0.4 is 5.73 Å². The van der Waals surface area contributed by atoms with E-state index in [0.29, 0.717) is 11.4 Å². The molecule has 0 bridgehead atoms. The molecule has 0 fully saturated rings. The van der Waals surface area contributed by atoms with Gasteiger partial charge < -0.3 is 10.5 Å². The van der Waals surface area contributed by atoms with Crippen molar-refractivity contribution < 1.29 is 9.53 Å². The Bertz CT molecular complexity index is 602. The Morgan fingerprint density at radius 1 is 1.37 bits per heavy atom. The smallest absolute Gasteiger partial charge is 0.359 e. The summed E-state index contributed by atoms with van der Waals surface area (Å²) in [6.07, 6.45) is 2.99. The molecule has 0 saturated carbocycles. The van der Waals surface area contributed by atoms with Gasteiger partial charge in [0.05, 0.1) is 23.0 Å². The summed E-state index contributed by atoms with van der Waals surface area (Å²) < 4.78 is 5.26. The molecule has 0 amide bonds. The van der Waals surface area contributed by atoms with Crippen molar-refractivity contribution in [3.63, 3.8) is 0 Å². The number of carbonyl (C=O) groups excluding carboxylic acids is 1. The zero-order valence-electron chi connectivity index (χ0n) is 11.0. The summed E-state index contributed by atoms with van der Waals surface area (Å²) in [4.78, 5) is 21.1. The van der Waals surface area contributed by atoms with Crippen LogP contribution in [-0.4, -0.2) is 21.5 Å². The van der Waals surface area contributed by atoms with Crippen molar-refractivity contribution >= 4 is 23.0 Å². The fourth-order valence-corrected chi connectivity index (χ4v) is 2.15. The van der Waals surface area contributed by atoms with Gasteiger partial charge in [-0.15, -0.1) is 11.3 Å². The fourth-order valence-electron chi connectivity index (χ4n) is 1.40. The number of rotatable bonds is 2. The minimum absolute atomic E-state index is 0.194. The third-order valence-electron chi connectivity index (χ3n) is 2.11. The number of thiophene rings is 1. The summed E-state index contributed by atoms with van der Waals surface area (Å²) in [5.41, 5.74) is 6.59. The molecule has 2 aromatic heterocycles. The highest BCUT2D eigenvalue weighted by Crippen LogP contribution is 2.26. The highest BCUT2D eigenvalue weighted by molar-refractivity contribution is 7.14. The number of hydrogen-bond acceptors (Lipinski definition) is 6. The van der Waals surface area contributed by atoms with Crippen LogP contribution in [0.4, 0.5) is 5.69 Å². The number of hydrogen-bond donors (Lipinski definition) is 1. The Kier molecular flexibility index (Phi) is 3.53. The maximum atomic E-state index is 11.9. The summed E-state index contributed by atoms with van der Waals surface area (Å²) in [7, 11) is 0. The van der Waals surface area contributed by atoms with Crippen LogP contribution in [0, 0.1) is 0 Å². The van der Waals surface area contributed by atoms with Gasteiger partial charge in [0.1, 0.15) is 5.60 Å². The maximum Gasteiger partial charge on any atom is 0.359 e. The topological polar surface area (TPSA) is 78.1 Å². The summed E-state index contributed by atoms with van der Waals surface area (Å²) in [6, 6.07) is 1.80. The molecule has 0 aliphatic rings. The molecule has 0 atom stereocenters. The lowest BCUT2D eigenvalue weighted by molar-refractivity contribution is 0.00625. The van der Waals surface area contributed by atoms with Gasteiger partial charge in [-0.1, -0.05) is 0 Å². The first-order valence-electron chi connectivity index (χ1n) is 5.75.